The largest absolute Gasteiger partial charge is 0.549 e. The van der Waals surface area contributed by atoms with Gasteiger partial charge in [0.25, 0.3) is 0 Å². The third-order valence-electron chi connectivity index (χ3n) is 2.97. The monoisotopic (exact) mass is 277 g/mol. The second kappa shape index (κ2) is 7.74. The van der Waals surface area contributed by atoms with Crippen molar-refractivity contribution in [1.29, 1.82) is 0 Å². The van der Waals surface area contributed by atoms with E-state index >= 15 is 0 Å². The predicted octanol–water partition coefficient (Wildman–Crippen LogP) is 1.16. The lowest BCUT2D eigenvalue weighted by Gasteiger charge is -2.32. The van der Waals surface area contributed by atoms with E-state index < -0.39 is 17.4 Å². The summed E-state index contributed by atoms with van der Waals surface area (Å²) in [4.78, 5) is 22.9. The number of quaternary nitrogens is 1. The summed E-state index contributed by atoms with van der Waals surface area (Å²) in [5.41, 5.74) is -0.414. The molecule has 0 aromatic carbocycles. The fourth-order valence-electron chi connectivity index (χ4n) is 1.59. The van der Waals surface area contributed by atoms with Crippen LogP contribution in [0.15, 0.2) is 0 Å². The van der Waals surface area contributed by atoms with Crippen LogP contribution in [0.25, 0.3) is 0 Å². The number of carbonyl (C=O) groups is 2. The van der Waals surface area contributed by atoms with E-state index in [9.17, 15) is 14.7 Å². The van der Waals surface area contributed by atoms with E-state index in [1.807, 2.05) is 28.1 Å². The quantitative estimate of drug-likeness (QED) is 0.209. The first kappa shape index (κ1) is 17.4. The summed E-state index contributed by atoms with van der Waals surface area (Å²) < 4.78 is 0.410. The van der Waals surface area contributed by atoms with Crippen molar-refractivity contribution in [2.45, 2.75) is 44.5 Å². The predicted molar refractivity (Wildman–Crippen MR) is 69.9 cm³/mol. The van der Waals surface area contributed by atoms with E-state index in [2.05, 4.69) is 0 Å². The van der Waals surface area contributed by atoms with Gasteiger partial charge in [-0.1, -0.05) is 31.4 Å². The number of alkyl halides is 1. The van der Waals surface area contributed by atoms with E-state index in [-0.39, 0.29) is 12.2 Å². The molecule has 0 aliphatic carbocycles. The van der Waals surface area contributed by atoms with Crippen LogP contribution in [0.3, 0.4) is 0 Å². The molecule has 2 atom stereocenters. The van der Waals surface area contributed by atoms with E-state index in [0.717, 1.165) is 19.3 Å². The zero-order valence-electron chi connectivity index (χ0n) is 11.7. The van der Waals surface area contributed by atoms with Crippen molar-refractivity contribution in [3.05, 3.63) is 0 Å². The van der Waals surface area contributed by atoms with E-state index in [0.29, 0.717) is 10.9 Å². The van der Waals surface area contributed by atoms with E-state index in [1.165, 1.54) is 0 Å². The number of halogens is 1. The Kier molecular flexibility index (Phi) is 7.48. The molecule has 0 aliphatic heterocycles. The Labute approximate surface area is 115 Å². The van der Waals surface area contributed by atoms with Crippen molar-refractivity contribution in [3.63, 3.8) is 0 Å². The summed E-state index contributed by atoms with van der Waals surface area (Å²) in [5, 5.41) is 11.0. The number of aliphatic carboxylic acids is 1. The van der Waals surface area contributed by atoms with E-state index in [4.69, 9.17) is 11.6 Å². The van der Waals surface area contributed by atoms with Gasteiger partial charge in [0.1, 0.15) is 5.78 Å². The molecule has 0 aliphatic rings. The lowest BCUT2D eigenvalue weighted by atomic mass is 9.95. The molecule has 4 nitrogen and oxygen atoms in total. The van der Waals surface area contributed by atoms with Crippen LogP contribution in [-0.4, -0.2) is 42.9 Å². The van der Waals surface area contributed by atoms with Crippen molar-refractivity contribution < 1.29 is 19.2 Å². The summed E-state index contributed by atoms with van der Waals surface area (Å²) in [7, 11) is 5.60. The Bertz CT molecular complexity index is 286. The number of carboxylic acid groups (broad SMARTS) is 1. The van der Waals surface area contributed by atoms with Crippen molar-refractivity contribution in [2.75, 3.05) is 21.1 Å². The number of ketones is 1. The summed E-state index contributed by atoms with van der Waals surface area (Å²) in [6.07, 6.45) is 3.09. The first-order chi connectivity index (χ1) is 8.20. The van der Waals surface area contributed by atoms with Gasteiger partial charge in [-0.25, -0.2) is 0 Å². The molecular formula is C13H24ClNO3. The van der Waals surface area contributed by atoms with Crippen LogP contribution in [0.2, 0.25) is 0 Å². The van der Waals surface area contributed by atoms with Crippen molar-refractivity contribution >= 4 is 23.4 Å². The minimum absolute atomic E-state index is 0.123. The summed E-state index contributed by atoms with van der Waals surface area (Å²) in [6.45, 7) is 2.03. The topological polar surface area (TPSA) is 57.2 Å². The van der Waals surface area contributed by atoms with Gasteiger partial charge in [-0.2, -0.15) is 0 Å². The smallest absolute Gasteiger partial charge is 0.165 e. The highest BCUT2D eigenvalue weighted by molar-refractivity contribution is 6.20. The van der Waals surface area contributed by atoms with Gasteiger partial charge in [-0.15, -0.1) is 0 Å². The summed E-state index contributed by atoms with van der Waals surface area (Å²) in [6, 6.07) is 0. The van der Waals surface area contributed by atoms with Gasteiger partial charge in [0.05, 0.1) is 33.0 Å². The average molecular weight is 278 g/mol. The molecule has 0 radical (unpaired) electrons. The molecule has 0 saturated heterocycles. The molecule has 0 aromatic rings. The van der Waals surface area contributed by atoms with Crippen molar-refractivity contribution in [3.8, 4) is 0 Å². The van der Waals surface area contributed by atoms with Crippen LogP contribution in [-0.2, 0) is 9.59 Å². The van der Waals surface area contributed by atoms with Crippen molar-refractivity contribution in [1.82, 2.24) is 0 Å². The molecule has 0 bridgehead atoms. The number of carbonyl (C=O) groups excluding carboxylic acids is 2. The van der Waals surface area contributed by atoms with Crippen LogP contribution in [0, 0.1) is 5.92 Å². The molecule has 18 heavy (non-hydrogen) atoms. The third-order valence-corrected chi connectivity index (χ3v) is 3.73. The molecule has 0 N–H and O–H groups in total. The molecule has 0 rings (SSSR count). The minimum atomic E-state index is -1.31. The fourth-order valence-corrected chi connectivity index (χ4v) is 1.77. The van der Waals surface area contributed by atoms with Crippen LogP contribution in [0.1, 0.15) is 39.0 Å². The fraction of sp³-hybridized carbons (Fsp3) is 0.846. The maximum Gasteiger partial charge on any atom is 0.165 e. The minimum Gasteiger partial charge on any atom is -0.549 e. The molecule has 0 aromatic heterocycles. The van der Waals surface area contributed by atoms with Gasteiger partial charge in [-0.3, -0.25) is 4.79 Å². The standard InChI is InChI=1S/C13H24ClNO3/c1-5-6-7-8-11(16)10(13(17)18)9-12(14)15(2,3)4/h10,12H,5-9H2,1-4H3. The maximum absolute atomic E-state index is 11.8. The van der Waals surface area contributed by atoms with Crippen molar-refractivity contribution in [2.24, 2.45) is 5.92 Å². The highest BCUT2D eigenvalue weighted by Crippen LogP contribution is 2.20. The van der Waals surface area contributed by atoms with E-state index in [1.54, 1.807) is 0 Å². The molecule has 106 valence electrons. The molecule has 0 saturated carbocycles. The highest BCUT2D eigenvalue weighted by Gasteiger charge is 2.29. The number of hydrogen-bond donors (Lipinski definition) is 0. The van der Waals surface area contributed by atoms with Gasteiger partial charge >= 0.3 is 0 Å². The Morgan fingerprint density at radius 3 is 2.17 bits per heavy atom. The average Bonchev–Trinajstić information content (AvgIpc) is 2.23. The number of nitrogens with zero attached hydrogens (tertiary/aromatic N) is 1. The number of rotatable bonds is 9. The number of carboxylic acids is 1. The molecule has 0 fully saturated rings. The van der Waals surface area contributed by atoms with Gasteiger partial charge in [0, 0.05) is 12.8 Å². The molecule has 0 spiro atoms. The molecule has 2 unspecified atom stereocenters. The second-order valence-corrected chi connectivity index (χ2v) is 6.09. The Balaban J connectivity index is 4.48. The Morgan fingerprint density at radius 2 is 1.78 bits per heavy atom. The normalized spacial score (nSPS) is 15.2. The first-order valence-corrected chi connectivity index (χ1v) is 6.82. The molecular weight excluding hydrogens is 254 g/mol. The maximum atomic E-state index is 11.8. The lowest BCUT2D eigenvalue weighted by Crippen LogP contribution is -2.46. The van der Waals surface area contributed by atoms with Crippen LogP contribution < -0.4 is 5.11 Å². The van der Waals surface area contributed by atoms with Gasteiger partial charge in [-0.05, 0) is 6.42 Å². The summed E-state index contributed by atoms with van der Waals surface area (Å²) in [5.74, 6) is -2.65. The van der Waals surface area contributed by atoms with Gasteiger partial charge in [0.2, 0.25) is 0 Å². The number of Topliss-reactive ketones (excluding diaryl/α,β-unsaturated/α-hetero) is 1. The van der Waals surface area contributed by atoms with Crippen LogP contribution in [0.5, 0.6) is 0 Å². The summed E-state index contributed by atoms with van der Waals surface area (Å²) >= 11 is 6.13. The van der Waals surface area contributed by atoms with Crippen LogP contribution >= 0.6 is 11.6 Å². The first-order valence-electron chi connectivity index (χ1n) is 6.38. The van der Waals surface area contributed by atoms with Gasteiger partial charge < -0.3 is 14.4 Å². The van der Waals surface area contributed by atoms with Crippen LogP contribution in [0.4, 0.5) is 0 Å². The van der Waals surface area contributed by atoms with Gasteiger partial charge in [0.15, 0.2) is 5.50 Å². The molecule has 0 heterocycles. The highest BCUT2D eigenvalue weighted by atomic mass is 35.5. The third kappa shape index (κ3) is 6.36. The zero-order valence-corrected chi connectivity index (χ0v) is 12.5. The molecule has 5 heteroatoms. The second-order valence-electron chi connectivity index (χ2n) is 5.58. The zero-order chi connectivity index (χ0) is 14.3. The molecule has 0 amide bonds. The number of unbranched alkanes of at least 4 members (excludes halogenated alkanes) is 2. The lowest BCUT2D eigenvalue weighted by molar-refractivity contribution is -0.883. The SMILES string of the molecule is CCCCCC(=O)C(CC(Cl)[N+](C)(C)C)C(=O)[O-]. The Morgan fingerprint density at radius 1 is 1.22 bits per heavy atom. The number of hydrogen-bond acceptors (Lipinski definition) is 3. The Hall–Kier alpha value is -0.610.